The van der Waals surface area contributed by atoms with Crippen LogP contribution >= 0.6 is 11.3 Å². The molecule has 0 aliphatic carbocycles. The SMILES string of the molecule is COC(=O)C(C)NC(=O)c1csc(-c2ccco2)n1. The lowest BCUT2D eigenvalue weighted by Crippen LogP contribution is -2.39. The van der Waals surface area contributed by atoms with Gasteiger partial charge in [-0.1, -0.05) is 0 Å². The number of esters is 1. The van der Waals surface area contributed by atoms with Gasteiger partial charge in [0.1, 0.15) is 11.7 Å². The fourth-order valence-corrected chi connectivity index (χ4v) is 2.16. The largest absolute Gasteiger partial charge is 0.467 e. The number of carbonyl (C=O) groups is 2. The predicted octanol–water partition coefficient (Wildman–Crippen LogP) is 1.69. The van der Waals surface area contributed by atoms with Gasteiger partial charge in [0.2, 0.25) is 0 Å². The van der Waals surface area contributed by atoms with E-state index in [1.54, 1.807) is 24.4 Å². The van der Waals surface area contributed by atoms with Gasteiger partial charge in [-0.25, -0.2) is 9.78 Å². The third-order valence-electron chi connectivity index (χ3n) is 2.37. The molecule has 1 amide bonds. The molecule has 2 aromatic heterocycles. The number of thiazole rings is 1. The standard InChI is InChI=1S/C12H12N2O4S/c1-7(12(16)17-2)13-10(15)8-6-19-11(14-8)9-4-3-5-18-9/h3-7H,1-2H3,(H,13,15). The number of carbonyl (C=O) groups excluding carboxylic acids is 2. The highest BCUT2D eigenvalue weighted by molar-refractivity contribution is 7.13. The highest BCUT2D eigenvalue weighted by Gasteiger charge is 2.19. The van der Waals surface area contributed by atoms with E-state index in [1.165, 1.54) is 24.7 Å². The van der Waals surface area contributed by atoms with E-state index in [9.17, 15) is 9.59 Å². The lowest BCUT2D eigenvalue weighted by Gasteiger charge is -2.09. The van der Waals surface area contributed by atoms with Crippen LogP contribution in [0.2, 0.25) is 0 Å². The Bertz CT molecular complexity index is 576. The molecule has 100 valence electrons. The zero-order valence-corrected chi connectivity index (χ0v) is 11.2. The number of nitrogens with zero attached hydrogens (tertiary/aromatic N) is 1. The van der Waals surface area contributed by atoms with Crippen LogP contribution in [-0.2, 0) is 9.53 Å². The van der Waals surface area contributed by atoms with E-state index in [1.807, 2.05) is 0 Å². The zero-order valence-electron chi connectivity index (χ0n) is 10.4. The minimum Gasteiger partial charge on any atom is -0.467 e. The lowest BCUT2D eigenvalue weighted by molar-refractivity contribution is -0.142. The van der Waals surface area contributed by atoms with Gasteiger partial charge in [-0.2, -0.15) is 0 Å². The Labute approximate surface area is 113 Å². The highest BCUT2D eigenvalue weighted by atomic mass is 32.1. The summed E-state index contributed by atoms with van der Waals surface area (Å²) in [6.45, 7) is 1.55. The average Bonchev–Trinajstić information content (AvgIpc) is 3.07. The van der Waals surface area contributed by atoms with E-state index < -0.39 is 17.9 Å². The monoisotopic (exact) mass is 280 g/mol. The van der Waals surface area contributed by atoms with E-state index in [0.717, 1.165) is 0 Å². The van der Waals surface area contributed by atoms with E-state index in [4.69, 9.17) is 4.42 Å². The van der Waals surface area contributed by atoms with Crippen molar-refractivity contribution < 1.29 is 18.7 Å². The second-order valence-corrected chi connectivity index (χ2v) is 4.59. The molecule has 0 saturated heterocycles. The second-order valence-electron chi connectivity index (χ2n) is 3.73. The first-order valence-electron chi connectivity index (χ1n) is 5.50. The Balaban J connectivity index is 2.06. The lowest BCUT2D eigenvalue weighted by atomic mass is 10.3. The molecule has 1 unspecified atom stereocenters. The number of hydrogen-bond acceptors (Lipinski definition) is 6. The molecule has 0 bridgehead atoms. The molecule has 1 atom stereocenters. The number of hydrogen-bond donors (Lipinski definition) is 1. The predicted molar refractivity (Wildman–Crippen MR) is 68.8 cm³/mol. The molecule has 7 heteroatoms. The summed E-state index contributed by atoms with van der Waals surface area (Å²) < 4.78 is 9.72. The maximum atomic E-state index is 11.9. The molecule has 19 heavy (non-hydrogen) atoms. The number of ether oxygens (including phenoxy) is 1. The summed E-state index contributed by atoms with van der Waals surface area (Å²) in [4.78, 5) is 27.2. The first-order chi connectivity index (χ1) is 9.11. The van der Waals surface area contributed by atoms with Crippen LogP contribution in [0.3, 0.4) is 0 Å². The van der Waals surface area contributed by atoms with Crippen LogP contribution in [0.25, 0.3) is 10.8 Å². The molecular weight excluding hydrogens is 268 g/mol. The number of methoxy groups -OCH3 is 1. The van der Waals surface area contributed by atoms with Crippen LogP contribution in [0.5, 0.6) is 0 Å². The minimum atomic E-state index is -0.716. The summed E-state index contributed by atoms with van der Waals surface area (Å²) in [6, 6.07) is 2.79. The quantitative estimate of drug-likeness (QED) is 0.862. The van der Waals surface area contributed by atoms with Crippen LogP contribution in [0.4, 0.5) is 0 Å². The third kappa shape index (κ3) is 3.00. The maximum Gasteiger partial charge on any atom is 0.328 e. The normalized spacial score (nSPS) is 11.9. The molecule has 0 fully saturated rings. The summed E-state index contributed by atoms with van der Waals surface area (Å²) in [6.07, 6.45) is 1.54. The van der Waals surface area contributed by atoms with Crippen molar-refractivity contribution in [1.29, 1.82) is 0 Å². The summed E-state index contributed by atoms with van der Waals surface area (Å²) in [5.74, 6) is -0.327. The van der Waals surface area contributed by atoms with Crippen LogP contribution in [0.1, 0.15) is 17.4 Å². The maximum absolute atomic E-state index is 11.9. The third-order valence-corrected chi connectivity index (χ3v) is 3.23. The molecule has 6 nitrogen and oxygen atoms in total. The van der Waals surface area contributed by atoms with E-state index in [0.29, 0.717) is 10.8 Å². The number of furan rings is 1. The molecular formula is C12H12N2O4S. The summed E-state index contributed by atoms with van der Waals surface area (Å²) in [5, 5.41) is 4.73. The first kappa shape index (κ1) is 13.3. The molecule has 0 saturated carbocycles. The molecule has 2 rings (SSSR count). The van der Waals surface area contributed by atoms with Gasteiger partial charge in [0.05, 0.1) is 13.4 Å². The van der Waals surface area contributed by atoms with Gasteiger partial charge in [0.15, 0.2) is 10.8 Å². The molecule has 2 heterocycles. The zero-order chi connectivity index (χ0) is 13.8. The van der Waals surface area contributed by atoms with Crippen molar-refractivity contribution in [3.8, 4) is 10.8 Å². The first-order valence-corrected chi connectivity index (χ1v) is 6.38. The summed E-state index contributed by atoms with van der Waals surface area (Å²) >= 11 is 1.29. The number of aromatic nitrogens is 1. The van der Waals surface area contributed by atoms with E-state index >= 15 is 0 Å². The van der Waals surface area contributed by atoms with Gasteiger partial charge in [0.25, 0.3) is 5.91 Å². The van der Waals surface area contributed by atoms with Gasteiger partial charge in [-0.15, -0.1) is 11.3 Å². The fourth-order valence-electron chi connectivity index (χ4n) is 1.40. The van der Waals surface area contributed by atoms with Gasteiger partial charge in [-0.05, 0) is 19.1 Å². The minimum absolute atomic E-state index is 0.243. The average molecular weight is 280 g/mol. The molecule has 0 aliphatic rings. The Hall–Kier alpha value is -2.15. The smallest absolute Gasteiger partial charge is 0.328 e. The molecule has 0 aromatic carbocycles. The fraction of sp³-hybridized carbons (Fsp3) is 0.250. The number of nitrogens with one attached hydrogen (secondary N) is 1. The molecule has 0 radical (unpaired) electrons. The van der Waals surface area contributed by atoms with Gasteiger partial charge < -0.3 is 14.5 Å². The van der Waals surface area contributed by atoms with Crippen molar-refractivity contribution in [1.82, 2.24) is 10.3 Å². The van der Waals surface area contributed by atoms with Crippen LogP contribution in [0.15, 0.2) is 28.2 Å². The van der Waals surface area contributed by atoms with Gasteiger partial charge in [-0.3, -0.25) is 4.79 Å². The van der Waals surface area contributed by atoms with Crippen molar-refractivity contribution in [2.24, 2.45) is 0 Å². The Morgan fingerprint density at radius 1 is 1.53 bits per heavy atom. The Kier molecular flexibility index (Phi) is 3.96. The van der Waals surface area contributed by atoms with E-state index in [2.05, 4.69) is 15.0 Å². The summed E-state index contributed by atoms with van der Waals surface area (Å²) in [7, 11) is 1.27. The molecule has 0 spiro atoms. The molecule has 2 aromatic rings. The number of rotatable bonds is 4. The number of amides is 1. The van der Waals surface area contributed by atoms with Crippen LogP contribution in [-0.4, -0.2) is 30.0 Å². The van der Waals surface area contributed by atoms with Crippen molar-refractivity contribution >= 4 is 23.2 Å². The topological polar surface area (TPSA) is 81.4 Å². The van der Waals surface area contributed by atoms with Gasteiger partial charge in [0, 0.05) is 5.38 Å². The van der Waals surface area contributed by atoms with Crippen molar-refractivity contribution in [2.75, 3.05) is 7.11 Å². The molecule has 0 aliphatic heterocycles. The summed E-state index contributed by atoms with van der Waals surface area (Å²) in [5.41, 5.74) is 0.243. The highest BCUT2D eigenvalue weighted by Crippen LogP contribution is 2.23. The van der Waals surface area contributed by atoms with Crippen molar-refractivity contribution in [3.05, 3.63) is 29.5 Å². The van der Waals surface area contributed by atoms with Gasteiger partial charge >= 0.3 is 5.97 Å². The van der Waals surface area contributed by atoms with Crippen LogP contribution in [0, 0.1) is 0 Å². The molecule has 1 N–H and O–H groups in total. The van der Waals surface area contributed by atoms with Crippen molar-refractivity contribution in [3.63, 3.8) is 0 Å². The van der Waals surface area contributed by atoms with E-state index in [-0.39, 0.29) is 5.69 Å². The van der Waals surface area contributed by atoms with Crippen molar-refractivity contribution in [2.45, 2.75) is 13.0 Å². The Morgan fingerprint density at radius 2 is 2.32 bits per heavy atom. The Morgan fingerprint density at radius 3 is 2.95 bits per heavy atom. The van der Waals surface area contributed by atoms with Crippen LogP contribution < -0.4 is 5.32 Å². The second kappa shape index (κ2) is 5.66.